The lowest BCUT2D eigenvalue weighted by atomic mass is 10.1. The number of rotatable bonds is 3. The number of fused-ring (bicyclic) bond motifs is 2. The average Bonchev–Trinajstić information content (AvgIpc) is 3.09. The molecule has 31 heavy (non-hydrogen) atoms. The third-order valence-electron chi connectivity index (χ3n) is 5.62. The van der Waals surface area contributed by atoms with E-state index in [1.165, 1.54) is 12.1 Å². The van der Waals surface area contributed by atoms with Crippen molar-refractivity contribution in [3.63, 3.8) is 0 Å². The van der Waals surface area contributed by atoms with Crippen LogP contribution in [-0.2, 0) is 13.1 Å². The van der Waals surface area contributed by atoms with Crippen molar-refractivity contribution >= 4 is 22.5 Å². The molecule has 158 valence electrons. The van der Waals surface area contributed by atoms with Gasteiger partial charge in [-0.1, -0.05) is 11.6 Å². The lowest BCUT2D eigenvalue weighted by molar-refractivity contribution is 0.151. The van der Waals surface area contributed by atoms with Crippen LogP contribution < -0.4 is 10.4 Å². The van der Waals surface area contributed by atoms with Crippen molar-refractivity contribution < 1.29 is 9.13 Å². The fraction of sp³-hybridized carbons (Fsp3) is 0.217. The van der Waals surface area contributed by atoms with Gasteiger partial charge >= 0.3 is 5.69 Å². The minimum absolute atomic E-state index is 0.134. The maximum Gasteiger partial charge on any atom is 0.344 e. The topological polar surface area (TPSA) is 63.1 Å². The zero-order chi connectivity index (χ0) is 21.5. The van der Waals surface area contributed by atoms with Crippen LogP contribution in [0.3, 0.4) is 0 Å². The van der Waals surface area contributed by atoms with Crippen molar-refractivity contribution in [2.24, 2.45) is 0 Å². The van der Waals surface area contributed by atoms with E-state index in [0.717, 1.165) is 27.7 Å². The summed E-state index contributed by atoms with van der Waals surface area (Å²) in [6.07, 6.45) is 5.18. The fourth-order valence-corrected chi connectivity index (χ4v) is 4.27. The van der Waals surface area contributed by atoms with Gasteiger partial charge in [-0.2, -0.15) is 0 Å². The quantitative estimate of drug-likeness (QED) is 0.518. The average molecular weight is 439 g/mol. The largest absolute Gasteiger partial charge is 0.490 e. The van der Waals surface area contributed by atoms with E-state index in [2.05, 4.69) is 27.9 Å². The standard InChI is InChI=1S/C23H20ClFN4O2/c1-14-13-31-22-17(12-28(14)11-15-9-26-23(30)27-10-15)7-19(8-20(22)24)29-5-4-16-6-18(25)2-3-21(16)29/h2-10,14H,11-13H2,1H3,(H,26,27,30)/t14-/m1/s1. The lowest BCUT2D eigenvalue weighted by Gasteiger charge is -2.25. The molecule has 0 fully saturated rings. The van der Waals surface area contributed by atoms with Crippen LogP contribution in [0.1, 0.15) is 18.1 Å². The molecule has 1 atom stereocenters. The Morgan fingerprint density at radius 2 is 2.16 bits per heavy atom. The summed E-state index contributed by atoms with van der Waals surface area (Å²) in [7, 11) is 0. The van der Waals surface area contributed by atoms with Crippen molar-refractivity contribution in [1.82, 2.24) is 19.4 Å². The number of aromatic nitrogens is 3. The number of ether oxygens (including phenoxy) is 1. The predicted molar refractivity (Wildman–Crippen MR) is 117 cm³/mol. The van der Waals surface area contributed by atoms with Crippen molar-refractivity contribution in [2.45, 2.75) is 26.1 Å². The normalized spacial score (nSPS) is 16.7. The number of hydrogen-bond donors (Lipinski definition) is 1. The molecule has 4 aromatic rings. The molecular weight excluding hydrogens is 419 g/mol. The highest BCUT2D eigenvalue weighted by molar-refractivity contribution is 6.32. The second-order valence-corrected chi connectivity index (χ2v) is 8.20. The number of H-pyrrole nitrogens is 1. The summed E-state index contributed by atoms with van der Waals surface area (Å²) >= 11 is 6.62. The Labute approximate surface area is 182 Å². The summed E-state index contributed by atoms with van der Waals surface area (Å²) in [4.78, 5) is 19.9. The Morgan fingerprint density at radius 1 is 1.29 bits per heavy atom. The van der Waals surface area contributed by atoms with E-state index in [0.29, 0.717) is 30.5 Å². The highest BCUT2D eigenvalue weighted by Gasteiger charge is 2.24. The second-order valence-electron chi connectivity index (χ2n) is 7.80. The van der Waals surface area contributed by atoms with Crippen molar-refractivity contribution in [2.75, 3.05) is 6.61 Å². The summed E-state index contributed by atoms with van der Waals surface area (Å²) in [6.45, 7) is 3.82. The Kier molecular flexibility index (Phi) is 5.00. The minimum Gasteiger partial charge on any atom is -0.490 e. The smallest absolute Gasteiger partial charge is 0.344 e. The Hall–Kier alpha value is -3.16. The molecule has 0 aliphatic carbocycles. The zero-order valence-electron chi connectivity index (χ0n) is 16.8. The summed E-state index contributed by atoms with van der Waals surface area (Å²) in [5.41, 5.74) is 3.30. The number of nitrogens with one attached hydrogen (secondary N) is 1. The molecule has 0 radical (unpaired) electrons. The maximum atomic E-state index is 13.6. The van der Waals surface area contributed by atoms with Crippen LogP contribution >= 0.6 is 11.6 Å². The van der Waals surface area contributed by atoms with Crippen LogP contribution in [0.4, 0.5) is 4.39 Å². The molecule has 2 aromatic heterocycles. The third kappa shape index (κ3) is 3.82. The van der Waals surface area contributed by atoms with Gasteiger partial charge in [0, 0.05) is 59.9 Å². The summed E-state index contributed by atoms with van der Waals surface area (Å²) in [5, 5.41) is 1.36. The van der Waals surface area contributed by atoms with Crippen LogP contribution in [0.25, 0.3) is 16.6 Å². The SMILES string of the molecule is C[C@@H]1COc2c(Cl)cc(-n3ccc4cc(F)ccc43)cc2CN1Cc1cnc(=O)[nH]c1. The van der Waals surface area contributed by atoms with Gasteiger partial charge in [0.1, 0.15) is 18.2 Å². The molecule has 3 heterocycles. The number of aromatic amines is 1. The van der Waals surface area contributed by atoms with Gasteiger partial charge in [-0.3, -0.25) is 4.90 Å². The number of benzene rings is 2. The molecule has 0 spiro atoms. The molecule has 0 saturated heterocycles. The van der Waals surface area contributed by atoms with Crippen LogP contribution in [-0.4, -0.2) is 32.1 Å². The van der Waals surface area contributed by atoms with Gasteiger partial charge in [0.15, 0.2) is 0 Å². The summed E-state index contributed by atoms with van der Waals surface area (Å²) in [5.74, 6) is 0.418. The van der Waals surface area contributed by atoms with E-state index in [1.807, 2.05) is 22.9 Å². The molecule has 0 saturated carbocycles. The minimum atomic E-state index is -0.364. The van der Waals surface area contributed by atoms with Gasteiger partial charge in [-0.15, -0.1) is 0 Å². The Bertz CT molecular complexity index is 1310. The second kappa shape index (κ2) is 7.83. The third-order valence-corrected chi connectivity index (χ3v) is 5.90. The molecule has 0 amide bonds. The van der Waals surface area contributed by atoms with Crippen molar-refractivity contribution in [3.05, 3.63) is 87.4 Å². The first-order valence-corrected chi connectivity index (χ1v) is 10.4. The van der Waals surface area contributed by atoms with Gasteiger partial charge in [0.25, 0.3) is 0 Å². The first-order valence-electron chi connectivity index (χ1n) is 9.98. The van der Waals surface area contributed by atoms with Crippen molar-refractivity contribution in [1.29, 1.82) is 0 Å². The predicted octanol–water partition coefficient (Wildman–Crippen LogP) is 4.29. The molecule has 2 aromatic carbocycles. The van der Waals surface area contributed by atoms with Crippen LogP contribution in [0.2, 0.25) is 5.02 Å². The lowest BCUT2D eigenvalue weighted by Crippen LogP contribution is -2.34. The molecule has 0 unspecified atom stereocenters. The maximum absolute atomic E-state index is 13.6. The van der Waals surface area contributed by atoms with Crippen LogP contribution in [0.5, 0.6) is 5.75 Å². The molecule has 1 aliphatic rings. The van der Waals surface area contributed by atoms with Crippen LogP contribution in [0, 0.1) is 5.82 Å². The molecule has 6 nitrogen and oxygen atoms in total. The van der Waals surface area contributed by atoms with E-state index in [4.69, 9.17) is 16.3 Å². The van der Waals surface area contributed by atoms with Crippen molar-refractivity contribution in [3.8, 4) is 11.4 Å². The van der Waals surface area contributed by atoms with E-state index in [-0.39, 0.29) is 17.5 Å². The zero-order valence-corrected chi connectivity index (χ0v) is 17.6. The molecule has 5 rings (SSSR count). The van der Waals surface area contributed by atoms with Gasteiger partial charge in [-0.05, 0) is 43.3 Å². The van der Waals surface area contributed by atoms with E-state index < -0.39 is 0 Å². The van der Waals surface area contributed by atoms with Crippen LogP contribution in [0.15, 0.2) is 59.8 Å². The monoisotopic (exact) mass is 438 g/mol. The number of hydrogen-bond acceptors (Lipinski definition) is 4. The molecular formula is C23H20ClFN4O2. The molecule has 8 heteroatoms. The number of nitrogens with zero attached hydrogens (tertiary/aromatic N) is 3. The van der Waals surface area contributed by atoms with E-state index in [9.17, 15) is 9.18 Å². The van der Waals surface area contributed by atoms with E-state index in [1.54, 1.807) is 18.5 Å². The first kappa shape index (κ1) is 19.8. The molecule has 1 aliphatic heterocycles. The highest BCUT2D eigenvalue weighted by Crippen LogP contribution is 2.36. The summed E-state index contributed by atoms with van der Waals surface area (Å²) < 4.78 is 21.6. The molecule has 0 bridgehead atoms. The Balaban J connectivity index is 1.52. The summed E-state index contributed by atoms with van der Waals surface area (Å²) in [6, 6.07) is 10.7. The van der Waals surface area contributed by atoms with Gasteiger partial charge in [0.2, 0.25) is 0 Å². The molecule has 1 N–H and O–H groups in total. The Morgan fingerprint density at radius 3 is 2.97 bits per heavy atom. The number of halogens is 2. The van der Waals surface area contributed by atoms with Gasteiger partial charge in [-0.25, -0.2) is 14.2 Å². The first-order chi connectivity index (χ1) is 15.0. The van der Waals surface area contributed by atoms with E-state index >= 15 is 0 Å². The van der Waals surface area contributed by atoms with Gasteiger partial charge < -0.3 is 14.3 Å². The van der Waals surface area contributed by atoms with Gasteiger partial charge in [0.05, 0.1) is 10.5 Å². The highest BCUT2D eigenvalue weighted by atomic mass is 35.5. The fourth-order valence-electron chi connectivity index (χ4n) is 3.98.